The maximum Gasteiger partial charge on any atom is 0.143 e. The van der Waals surface area contributed by atoms with Gasteiger partial charge in [-0.15, -0.1) is 0 Å². The van der Waals surface area contributed by atoms with E-state index in [1.807, 2.05) is 31.3 Å². The van der Waals surface area contributed by atoms with Crippen LogP contribution in [0.2, 0.25) is 5.02 Å². The summed E-state index contributed by atoms with van der Waals surface area (Å²) in [4.78, 5) is 9.09. The van der Waals surface area contributed by atoms with Crippen LogP contribution < -0.4 is 5.32 Å². The zero-order chi connectivity index (χ0) is 14.5. The molecule has 0 bridgehead atoms. The maximum atomic E-state index is 6.18. The van der Waals surface area contributed by atoms with Crippen molar-refractivity contribution in [3.05, 3.63) is 49.9 Å². The van der Waals surface area contributed by atoms with E-state index in [0.29, 0.717) is 13.0 Å². The normalized spacial score (nSPS) is 10.6. The highest BCUT2D eigenvalue weighted by Crippen LogP contribution is 2.22. The van der Waals surface area contributed by atoms with Crippen LogP contribution in [0.15, 0.2) is 24.3 Å². The van der Waals surface area contributed by atoms with E-state index in [-0.39, 0.29) is 0 Å². The molecule has 1 N–H and O–H groups in total. The molecule has 0 saturated carbocycles. The van der Waals surface area contributed by atoms with Gasteiger partial charge in [-0.05, 0) is 34.2 Å². The number of benzene rings is 1. The zero-order valence-corrected chi connectivity index (χ0v) is 14.2. The van der Waals surface area contributed by atoms with Gasteiger partial charge in [-0.3, -0.25) is 0 Å². The topological polar surface area (TPSA) is 47.0 Å². The molecule has 106 valence electrons. The molecular formula is C14H15ClIN3O. The SMILES string of the molecule is CNc1nc(Cc2ccccc2Cl)nc(COC)c1I. The first-order chi connectivity index (χ1) is 9.65. The fraction of sp³-hybridized carbons (Fsp3) is 0.286. The van der Waals surface area contributed by atoms with Crippen LogP contribution in [0, 0.1) is 3.57 Å². The van der Waals surface area contributed by atoms with Gasteiger partial charge in [-0.25, -0.2) is 9.97 Å². The largest absolute Gasteiger partial charge is 0.378 e. The molecule has 0 spiro atoms. The zero-order valence-electron chi connectivity index (χ0n) is 11.3. The number of nitrogens with one attached hydrogen (secondary N) is 1. The molecule has 0 aliphatic carbocycles. The van der Waals surface area contributed by atoms with Crippen LogP contribution in [0.4, 0.5) is 5.82 Å². The molecule has 20 heavy (non-hydrogen) atoms. The van der Waals surface area contributed by atoms with Gasteiger partial charge in [0, 0.05) is 25.6 Å². The first-order valence-corrected chi connectivity index (χ1v) is 7.56. The Morgan fingerprint density at radius 1 is 1.30 bits per heavy atom. The highest BCUT2D eigenvalue weighted by molar-refractivity contribution is 14.1. The molecule has 0 aliphatic rings. The first kappa shape index (κ1) is 15.5. The minimum atomic E-state index is 0.463. The summed E-state index contributed by atoms with van der Waals surface area (Å²) < 4.78 is 6.17. The van der Waals surface area contributed by atoms with Crippen LogP contribution in [0.3, 0.4) is 0 Å². The summed E-state index contributed by atoms with van der Waals surface area (Å²) in [5.74, 6) is 1.55. The molecule has 0 amide bonds. The molecule has 0 atom stereocenters. The Morgan fingerprint density at radius 3 is 2.70 bits per heavy atom. The lowest BCUT2D eigenvalue weighted by molar-refractivity contribution is 0.180. The number of halogens is 2. The average molecular weight is 404 g/mol. The van der Waals surface area contributed by atoms with Crippen molar-refractivity contribution in [2.24, 2.45) is 0 Å². The lowest BCUT2D eigenvalue weighted by Gasteiger charge is -2.11. The standard InChI is InChI=1S/C14H15ClIN3O/c1-17-14-13(16)11(8-20-2)18-12(19-14)7-9-5-3-4-6-10(9)15/h3-6H,7-8H2,1-2H3,(H,17,18,19). The molecule has 1 heterocycles. The smallest absolute Gasteiger partial charge is 0.143 e. The van der Waals surface area contributed by atoms with Gasteiger partial charge in [0.2, 0.25) is 0 Å². The van der Waals surface area contributed by atoms with E-state index in [1.165, 1.54) is 0 Å². The van der Waals surface area contributed by atoms with E-state index in [1.54, 1.807) is 7.11 Å². The summed E-state index contributed by atoms with van der Waals surface area (Å²) in [6.07, 6.45) is 0.599. The molecule has 4 nitrogen and oxygen atoms in total. The van der Waals surface area contributed by atoms with Gasteiger partial charge in [0.25, 0.3) is 0 Å². The minimum absolute atomic E-state index is 0.463. The number of anilines is 1. The molecule has 6 heteroatoms. The van der Waals surface area contributed by atoms with Gasteiger partial charge in [-0.1, -0.05) is 29.8 Å². The van der Waals surface area contributed by atoms with Crippen molar-refractivity contribution in [2.45, 2.75) is 13.0 Å². The van der Waals surface area contributed by atoms with Crippen LogP contribution in [-0.4, -0.2) is 24.1 Å². The van der Waals surface area contributed by atoms with Crippen molar-refractivity contribution < 1.29 is 4.74 Å². The monoisotopic (exact) mass is 403 g/mol. The number of ether oxygens (including phenoxy) is 1. The van der Waals surface area contributed by atoms with Crippen molar-refractivity contribution >= 4 is 40.0 Å². The fourth-order valence-corrected chi connectivity index (χ4v) is 2.70. The van der Waals surface area contributed by atoms with Crippen molar-refractivity contribution in [3.63, 3.8) is 0 Å². The van der Waals surface area contributed by atoms with Gasteiger partial charge >= 0.3 is 0 Å². The predicted octanol–water partition coefficient (Wildman–Crippen LogP) is 3.51. The number of hydrogen-bond acceptors (Lipinski definition) is 4. The average Bonchev–Trinajstić information content (AvgIpc) is 2.45. The van der Waals surface area contributed by atoms with E-state index in [2.05, 4.69) is 37.9 Å². The van der Waals surface area contributed by atoms with Crippen LogP contribution >= 0.6 is 34.2 Å². The highest BCUT2D eigenvalue weighted by Gasteiger charge is 2.12. The van der Waals surface area contributed by atoms with Crippen LogP contribution in [0.25, 0.3) is 0 Å². The lowest BCUT2D eigenvalue weighted by Crippen LogP contribution is -2.09. The quantitative estimate of drug-likeness (QED) is 0.776. The van der Waals surface area contributed by atoms with Crippen LogP contribution in [-0.2, 0) is 17.8 Å². The van der Waals surface area contributed by atoms with Crippen molar-refractivity contribution in [1.82, 2.24) is 9.97 Å². The Bertz CT molecular complexity index is 607. The highest BCUT2D eigenvalue weighted by atomic mass is 127. The van der Waals surface area contributed by atoms with Crippen LogP contribution in [0.5, 0.6) is 0 Å². The third kappa shape index (κ3) is 3.59. The number of rotatable bonds is 5. The minimum Gasteiger partial charge on any atom is -0.378 e. The molecule has 1 aromatic heterocycles. The Kier molecular flexibility index (Phi) is 5.56. The molecule has 0 saturated heterocycles. The molecule has 1 aromatic carbocycles. The van der Waals surface area contributed by atoms with E-state index < -0.39 is 0 Å². The lowest BCUT2D eigenvalue weighted by atomic mass is 10.1. The number of aromatic nitrogens is 2. The first-order valence-electron chi connectivity index (χ1n) is 6.11. The Hall–Kier alpha value is -0.920. The Labute approximate surface area is 137 Å². The second-order valence-corrected chi connectivity index (χ2v) is 5.69. The van der Waals surface area contributed by atoms with E-state index >= 15 is 0 Å². The maximum absolute atomic E-state index is 6.18. The van der Waals surface area contributed by atoms with Crippen molar-refractivity contribution in [1.29, 1.82) is 0 Å². The van der Waals surface area contributed by atoms with Crippen molar-refractivity contribution in [3.8, 4) is 0 Å². The summed E-state index contributed by atoms with van der Waals surface area (Å²) >= 11 is 8.41. The molecular weight excluding hydrogens is 389 g/mol. The Balaban J connectivity index is 2.37. The predicted molar refractivity (Wildman–Crippen MR) is 89.3 cm³/mol. The van der Waals surface area contributed by atoms with Gasteiger partial charge in [0.05, 0.1) is 15.9 Å². The van der Waals surface area contributed by atoms with E-state index in [9.17, 15) is 0 Å². The molecule has 0 aliphatic heterocycles. The summed E-state index contributed by atoms with van der Waals surface area (Å²) in [5.41, 5.74) is 1.90. The van der Waals surface area contributed by atoms with E-state index in [4.69, 9.17) is 16.3 Å². The molecule has 2 rings (SSSR count). The number of hydrogen-bond donors (Lipinski definition) is 1. The van der Waals surface area contributed by atoms with Gasteiger partial charge in [0.15, 0.2) is 0 Å². The van der Waals surface area contributed by atoms with Gasteiger partial charge in [-0.2, -0.15) is 0 Å². The third-order valence-electron chi connectivity index (χ3n) is 2.79. The fourth-order valence-electron chi connectivity index (χ4n) is 1.83. The van der Waals surface area contributed by atoms with Crippen molar-refractivity contribution in [2.75, 3.05) is 19.5 Å². The summed E-state index contributed by atoms with van der Waals surface area (Å²) in [5, 5.41) is 3.82. The third-order valence-corrected chi connectivity index (χ3v) is 4.29. The molecule has 0 fully saturated rings. The summed E-state index contributed by atoms with van der Waals surface area (Å²) in [6.45, 7) is 0.463. The number of methoxy groups -OCH3 is 1. The number of nitrogens with zero attached hydrogens (tertiary/aromatic N) is 2. The summed E-state index contributed by atoms with van der Waals surface area (Å²) in [7, 11) is 3.51. The molecule has 0 unspecified atom stereocenters. The molecule has 0 radical (unpaired) electrons. The van der Waals surface area contributed by atoms with Crippen LogP contribution in [0.1, 0.15) is 17.1 Å². The second kappa shape index (κ2) is 7.19. The molecule has 2 aromatic rings. The Morgan fingerprint density at radius 2 is 2.05 bits per heavy atom. The van der Waals surface area contributed by atoms with E-state index in [0.717, 1.165) is 31.5 Å². The second-order valence-electron chi connectivity index (χ2n) is 4.20. The van der Waals surface area contributed by atoms with Gasteiger partial charge in [0.1, 0.15) is 11.6 Å². The van der Waals surface area contributed by atoms with Gasteiger partial charge < -0.3 is 10.1 Å². The summed E-state index contributed by atoms with van der Waals surface area (Å²) in [6, 6.07) is 7.73.